The highest BCUT2D eigenvalue weighted by Gasteiger charge is 2.07. The Morgan fingerprint density at radius 3 is 3.00 bits per heavy atom. The molecule has 0 aliphatic carbocycles. The third kappa shape index (κ3) is 4.15. The molecular formula is C15H24N4S. The molecule has 0 amide bonds. The third-order valence-corrected chi connectivity index (χ3v) is 4.24. The van der Waals surface area contributed by atoms with Crippen molar-refractivity contribution in [3.63, 3.8) is 0 Å². The van der Waals surface area contributed by atoms with Gasteiger partial charge in [-0.2, -0.15) is 0 Å². The Bertz CT molecular complexity index is 517. The number of rotatable bonds is 8. The molecule has 0 spiro atoms. The maximum Gasteiger partial charge on any atom is 0.108 e. The van der Waals surface area contributed by atoms with Crippen molar-refractivity contribution in [1.29, 1.82) is 0 Å². The van der Waals surface area contributed by atoms with Crippen molar-refractivity contribution in [1.82, 2.24) is 19.9 Å². The highest BCUT2D eigenvalue weighted by Crippen LogP contribution is 2.11. The lowest BCUT2D eigenvalue weighted by Gasteiger charge is -2.15. The molecule has 2 aromatic heterocycles. The fourth-order valence-electron chi connectivity index (χ4n) is 2.22. The SMILES string of the molecule is CCCc1nc(CNC(C)Cn2ccnc2CC)cs1. The van der Waals surface area contributed by atoms with Gasteiger partial charge in [-0.05, 0) is 19.8 Å². The zero-order chi connectivity index (χ0) is 14.4. The molecule has 0 aliphatic heterocycles. The van der Waals surface area contributed by atoms with Crippen LogP contribution in [0.3, 0.4) is 0 Å². The molecule has 2 aromatic rings. The van der Waals surface area contributed by atoms with E-state index in [-0.39, 0.29) is 0 Å². The van der Waals surface area contributed by atoms with Crippen LogP contribution in [0.15, 0.2) is 17.8 Å². The van der Waals surface area contributed by atoms with E-state index >= 15 is 0 Å². The number of hydrogen-bond acceptors (Lipinski definition) is 4. The molecule has 110 valence electrons. The van der Waals surface area contributed by atoms with E-state index in [1.54, 1.807) is 11.3 Å². The van der Waals surface area contributed by atoms with Crippen LogP contribution in [0.4, 0.5) is 0 Å². The normalized spacial score (nSPS) is 12.8. The molecule has 1 atom stereocenters. The lowest BCUT2D eigenvalue weighted by atomic mass is 10.3. The summed E-state index contributed by atoms with van der Waals surface area (Å²) >= 11 is 1.77. The van der Waals surface area contributed by atoms with Crippen molar-refractivity contribution in [2.45, 2.75) is 59.2 Å². The Morgan fingerprint density at radius 1 is 1.40 bits per heavy atom. The van der Waals surface area contributed by atoms with E-state index in [1.807, 2.05) is 6.20 Å². The first kappa shape index (κ1) is 15.2. The predicted molar refractivity (Wildman–Crippen MR) is 84.0 cm³/mol. The van der Waals surface area contributed by atoms with Gasteiger partial charge in [0, 0.05) is 43.3 Å². The van der Waals surface area contributed by atoms with Crippen molar-refractivity contribution in [3.05, 3.63) is 34.3 Å². The number of imidazole rings is 1. The van der Waals surface area contributed by atoms with Crippen LogP contribution in [0.2, 0.25) is 0 Å². The maximum atomic E-state index is 4.64. The highest BCUT2D eigenvalue weighted by molar-refractivity contribution is 7.09. The topological polar surface area (TPSA) is 42.7 Å². The predicted octanol–water partition coefficient (Wildman–Crippen LogP) is 3.03. The second-order valence-electron chi connectivity index (χ2n) is 5.11. The molecule has 2 heterocycles. The van der Waals surface area contributed by atoms with E-state index in [4.69, 9.17) is 0 Å². The van der Waals surface area contributed by atoms with Gasteiger partial charge < -0.3 is 9.88 Å². The number of nitrogens with zero attached hydrogens (tertiary/aromatic N) is 3. The molecule has 20 heavy (non-hydrogen) atoms. The minimum atomic E-state index is 0.408. The fraction of sp³-hybridized carbons (Fsp3) is 0.600. The minimum Gasteiger partial charge on any atom is -0.333 e. The van der Waals surface area contributed by atoms with Gasteiger partial charge in [0.1, 0.15) is 5.82 Å². The largest absolute Gasteiger partial charge is 0.333 e. The van der Waals surface area contributed by atoms with Crippen LogP contribution in [0.5, 0.6) is 0 Å². The van der Waals surface area contributed by atoms with Crippen LogP contribution in [-0.2, 0) is 25.9 Å². The van der Waals surface area contributed by atoms with E-state index in [2.05, 4.69) is 52.2 Å². The van der Waals surface area contributed by atoms with E-state index in [0.717, 1.165) is 43.9 Å². The van der Waals surface area contributed by atoms with Crippen molar-refractivity contribution >= 4 is 11.3 Å². The van der Waals surface area contributed by atoms with Crippen molar-refractivity contribution in [2.24, 2.45) is 0 Å². The maximum absolute atomic E-state index is 4.64. The van der Waals surface area contributed by atoms with Gasteiger partial charge in [0.25, 0.3) is 0 Å². The van der Waals surface area contributed by atoms with Gasteiger partial charge in [-0.3, -0.25) is 0 Å². The van der Waals surface area contributed by atoms with Crippen LogP contribution < -0.4 is 5.32 Å². The quantitative estimate of drug-likeness (QED) is 0.813. The average Bonchev–Trinajstić information content (AvgIpc) is 3.06. The van der Waals surface area contributed by atoms with Crippen LogP contribution in [0.1, 0.15) is 43.7 Å². The first-order valence-electron chi connectivity index (χ1n) is 7.39. The van der Waals surface area contributed by atoms with Crippen molar-refractivity contribution in [2.75, 3.05) is 0 Å². The van der Waals surface area contributed by atoms with Gasteiger partial charge in [-0.15, -0.1) is 11.3 Å². The van der Waals surface area contributed by atoms with Crippen LogP contribution in [0.25, 0.3) is 0 Å². The van der Waals surface area contributed by atoms with E-state index in [1.165, 1.54) is 5.01 Å². The standard InChI is InChI=1S/C15H24N4S/c1-4-6-15-18-13(11-20-15)9-17-12(3)10-19-8-7-16-14(19)5-2/h7-8,11-12,17H,4-6,9-10H2,1-3H3. The van der Waals surface area contributed by atoms with Crippen LogP contribution >= 0.6 is 11.3 Å². The Kier molecular flexibility index (Phi) is 5.73. The Labute approximate surface area is 125 Å². The molecule has 0 aliphatic rings. The van der Waals surface area contributed by atoms with E-state index in [0.29, 0.717) is 6.04 Å². The monoisotopic (exact) mass is 292 g/mol. The molecule has 1 N–H and O–H groups in total. The average molecular weight is 292 g/mol. The first-order valence-corrected chi connectivity index (χ1v) is 8.27. The van der Waals surface area contributed by atoms with Gasteiger partial charge in [0.05, 0.1) is 10.7 Å². The zero-order valence-corrected chi connectivity index (χ0v) is 13.4. The molecule has 5 heteroatoms. The zero-order valence-electron chi connectivity index (χ0n) is 12.6. The lowest BCUT2D eigenvalue weighted by Crippen LogP contribution is -2.30. The Balaban J connectivity index is 1.81. The van der Waals surface area contributed by atoms with Gasteiger partial charge in [-0.25, -0.2) is 9.97 Å². The van der Waals surface area contributed by atoms with Crippen LogP contribution in [0, 0.1) is 0 Å². The first-order chi connectivity index (χ1) is 9.72. The molecule has 2 rings (SSSR count). The molecular weight excluding hydrogens is 268 g/mol. The lowest BCUT2D eigenvalue weighted by molar-refractivity contribution is 0.465. The van der Waals surface area contributed by atoms with Gasteiger partial charge in [0.15, 0.2) is 0 Å². The van der Waals surface area contributed by atoms with Crippen molar-refractivity contribution < 1.29 is 0 Å². The summed E-state index contributed by atoms with van der Waals surface area (Å²) in [5.41, 5.74) is 1.16. The summed E-state index contributed by atoms with van der Waals surface area (Å²) in [4.78, 5) is 8.99. The summed E-state index contributed by atoms with van der Waals surface area (Å²) in [5, 5.41) is 6.96. The Hall–Kier alpha value is -1.20. The summed E-state index contributed by atoms with van der Waals surface area (Å²) in [6, 6.07) is 0.408. The molecule has 0 fully saturated rings. The molecule has 0 bridgehead atoms. The highest BCUT2D eigenvalue weighted by atomic mass is 32.1. The number of aryl methyl sites for hydroxylation is 2. The minimum absolute atomic E-state index is 0.408. The third-order valence-electron chi connectivity index (χ3n) is 3.28. The summed E-state index contributed by atoms with van der Waals surface area (Å²) < 4.78 is 2.22. The molecule has 1 unspecified atom stereocenters. The second kappa shape index (κ2) is 7.55. The number of hydrogen-bond donors (Lipinski definition) is 1. The summed E-state index contributed by atoms with van der Waals surface area (Å²) in [5.74, 6) is 1.15. The number of aromatic nitrogens is 3. The van der Waals surface area contributed by atoms with Gasteiger partial charge in [-0.1, -0.05) is 13.8 Å². The van der Waals surface area contributed by atoms with Crippen LogP contribution in [-0.4, -0.2) is 20.6 Å². The molecule has 0 saturated heterocycles. The summed E-state index contributed by atoms with van der Waals surface area (Å²) in [7, 11) is 0. The van der Waals surface area contributed by atoms with E-state index < -0.39 is 0 Å². The molecule has 0 radical (unpaired) electrons. The molecule has 0 aromatic carbocycles. The van der Waals surface area contributed by atoms with Gasteiger partial charge >= 0.3 is 0 Å². The fourth-order valence-corrected chi connectivity index (χ4v) is 3.12. The van der Waals surface area contributed by atoms with E-state index in [9.17, 15) is 0 Å². The smallest absolute Gasteiger partial charge is 0.108 e. The van der Waals surface area contributed by atoms with Gasteiger partial charge in [0.2, 0.25) is 0 Å². The van der Waals surface area contributed by atoms with Crippen molar-refractivity contribution in [3.8, 4) is 0 Å². The summed E-state index contributed by atoms with van der Waals surface area (Å²) in [6.45, 7) is 8.34. The molecule has 0 saturated carbocycles. The number of nitrogens with one attached hydrogen (secondary N) is 1. The summed E-state index contributed by atoms with van der Waals surface area (Å²) in [6.07, 6.45) is 7.17. The Morgan fingerprint density at radius 2 is 2.25 bits per heavy atom. The second-order valence-corrected chi connectivity index (χ2v) is 6.06. The molecule has 4 nitrogen and oxygen atoms in total. The number of thiazole rings is 1.